The average molecular weight is 206 g/mol. The molecule has 1 aliphatic heterocycles. The zero-order valence-electron chi connectivity index (χ0n) is 9.33. The summed E-state index contributed by atoms with van der Waals surface area (Å²) in [5.74, 6) is 0. The van der Waals surface area contributed by atoms with E-state index < -0.39 is 6.10 Å². The van der Waals surface area contributed by atoms with Gasteiger partial charge < -0.3 is 15.3 Å². The number of nitrogens with one attached hydrogen (secondary N) is 1. The molecule has 3 heteroatoms. The Kier molecular flexibility index (Phi) is 2.93. The van der Waals surface area contributed by atoms with Crippen molar-refractivity contribution in [3.05, 3.63) is 29.3 Å². The third-order valence-corrected chi connectivity index (χ3v) is 3.01. The number of aliphatic hydroxyl groups excluding tert-OH is 1. The van der Waals surface area contributed by atoms with Crippen LogP contribution in [0.25, 0.3) is 0 Å². The van der Waals surface area contributed by atoms with Crippen molar-refractivity contribution in [1.29, 1.82) is 0 Å². The second-order valence-corrected chi connectivity index (χ2v) is 4.13. The molecular formula is C12H18N2O. The molecule has 1 heterocycles. The molecule has 0 aromatic heterocycles. The van der Waals surface area contributed by atoms with E-state index in [1.165, 1.54) is 11.3 Å². The van der Waals surface area contributed by atoms with Crippen molar-refractivity contribution in [3.63, 3.8) is 0 Å². The van der Waals surface area contributed by atoms with Crippen molar-refractivity contribution in [3.8, 4) is 0 Å². The van der Waals surface area contributed by atoms with Crippen LogP contribution in [-0.4, -0.2) is 32.3 Å². The van der Waals surface area contributed by atoms with Gasteiger partial charge in [-0.2, -0.15) is 0 Å². The van der Waals surface area contributed by atoms with Crippen molar-refractivity contribution in [2.75, 3.05) is 32.1 Å². The Hall–Kier alpha value is -1.06. The van der Waals surface area contributed by atoms with Crippen LogP contribution in [0.1, 0.15) is 17.2 Å². The summed E-state index contributed by atoms with van der Waals surface area (Å²) >= 11 is 0. The number of aliphatic hydroxyl groups is 1. The molecule has 2 rings (SSSR count). The largest absolute Gasteiger partial charge is 0.387 e. The van der Waals surface area contributed by atoms with Crippen molar-refractivity contribution < 1.29 is 5.11 Å². The van der Waals surface area contributed by atoms with E-state index in [1.54, 1.807) is 0 Å². The molecule has 0 saturated carbocycles. The third kappa shape index (κ3) is 1.98. The first-order chi connectivity index (χ1) is 7.22. The summed E-state index contributed by atoms with van der Waals surface area (Å²) in [7, 11) is 3.96. The molecule has 1 unspecified atom stereocenters. The summed E-state index contributed by atoms with van der Waals surface area (Å²) in [6, 6.07) is 6.25. The van der Waals surface area contributed by atoms with Crippen LogP contribution in [0.5, 0.6) is 0 Å². The summed E-state index contributed by atoms with van der Waals surface area (Å²) in [4.78, 5) is 2.25. The maximum Gasteiger partial charge on any atom is 0.0914 e. The van der Waals surface area contributed by atoms with Crippen LogP contribution >= 0.6 is 0 Å². The lowest BCUT2D eigenvalue weighted by molar-refractivity contribution is 0.177. The molecule has 0 saturated heterocycles. The average Bonchev–Trinajstić information content (AvgIpc) is 2.60. The minimum absolute atomic E-state index is 0.397. The van der Waals surface area contributed by atoms with Crippen LogP contribution in [0, 0.1) is 0 Å². The highest BCUT2D eigenvalue weighted by Gasteiger charge is 2.17. The molecule has 82 valence electrons. The van der Waals surface area contributed by atoms with Crippen molar-refractivity contribution in [1.82, 2.24) is 5.32 Å². The smallest absolute Gasteiger partial charge is 0.0914 e. The van der Waals surface area contributed by atoms with Gasteiger partial charge in [-0.1, -0.05) is 12.1 Å². The van der Waals surface area contributed by atoms with Gasteiger partial charge in [-0.3, -0.25) is 0 Å². The fraction of sp³-hybridized carbons (Fsp3) is 0.500. The van der Waals surface area contributed by atoms with E-state index >= 15 is 0 Å². The number of likely N-dealkylation sites (N-methyl/N-ethyl adjacent to an activating group) is 2. The van der Waals surface area contributed by atoms with Crippen LogP contribution in [0.2, 0.25) is 0 Å². The van der Waals surface area contributed by atoms with E-state index in [-0.39, 0.29) is 0 Å². The SMILES string of the molecule is CNCC(O)c1ccc2c(c1)CCN2C. The molecule has 0 fully saturated rings. The van der Waals surface area contributed by atoms with Gasteiger partial charge >= 0.3 is 0 Å². The van der Waals surface area contributed by atoms with Gasteiger partial charge in [0, 0.05) is 25.8 Å². The van der Waals surface area contributed by atoms with Crippen LogP contribution in [0.3, 0.4) is 0 Å². The number of anilines is 1. The highest BCUT2D eigenvalue weighted by Crippen LogP contribution is 2.29. The molecule has 0 aliphatic carbocycles. The molecule has 2 N–H and O–H groups in total. The van der Waals surface area contributed by atoms with Gasteiger partial charge in [-0.05, 0) is 30.7 Å². The van der Waals surface area contributed by atoms with E-state index in [1.807, 2.05) is 13.1 Å². The van der Waals surface area contributed by atoms with Gasteiger partial charge in [0.2, 0.25) is 0 Å². The van der Waals surface area contributed by atoms with E-state index in [2.05, 4.69) is 29.4 Å². The van der Waals surface area contributed by atoms with E-state index in [4.69, 9.17) is 0 Å². The second-order valence-electron chi connectivity index (χ2n) is 4.13. The van der Waals surface area contributed by atoms with Gasteiger partial charge in [-0.15, -0.1) is 0 Å². The molecule has 1 atom stereocenters. The number of benzene rings is 1. The monoisotopic (exact) mass is 206 g/mol. The molecule has 1 aromatic carbocycles. The third-order valence-electron chi connectivity index (χ3n) is 3.01. The second kappa shape index (κ2) is 4.21. The highest BCUT2D eigenvalue weighted by molar-refractivity contribution is 5.58. The van der Waals surface area contributed by atoms with Gasteiger partial charge in [0.05, 0.1) is 6.10 Å². The van der Waals surface area contributed by atoms with Crippen LogP contribution < -0.4 is 10.2 Å². The zero-order chi connectivity index (χ0) is 10.8. The lowest BCUT2D eigenvalue weighted by Crippen LogP contribution is -2.16. The maximum absolute atomic E-state index is 9.84. The summed E-state index contributed by atoms with van der Waals surface area (Å²) in [6.45, 7) is 1.69. The summed E-state index contributed by atoms with van der Waals surface area (Å²) < 4.78 is 0. The Bertz CT molecular complexity index is 351. The molecule has 0 spiro atoms. The molecule has 0 radical (unpaired) electrons. The lowest BCUT2D eigenvalue weighted by atomic mass is 10.0. The minimum Gasteiger partial charge on any atom is -0.387 e. The molecular weight excluding hydrogens is 188 g/mol. The first-order valence-electron chi connectivity index (χ1n) is 5.39. The maximum atomic E-state index is 9.84. The lowest BCUT2D eigenvalue weighted by Gasteiger charge is -2.14. The number of rotatable bonds is 3. The van der Waals surface area contributed by atoms with Crippen LogP contribution in [-0.2, 0) is 6.42 Å². The standard InChI is InChI=1S/C12H18N2O/c1-13-8-12(15)10-3-4-11-9(7-10)5-6-14(11)2/h3-4,7,12-13,15H,5-6,8H2,1-2H3. The number of nitrogens with zero attached hydrogens (tertiary/aromatic N) is 1. The predicted octanol–water partition coefficient (Wildman–Crippen LogP) is 0.932. The minimum atomic E-state index is -0.397. The van der Waals surface area contributed by atoms with Crippen molar-refractivity contribution in [2.24, 2.45) is 0 Å². The van der Waals surface area contributed by atoms with E-state index in [0.717, 1.165) is 18.5 Å². The zero-order valence-corrected chi connectivity index (χ0v) is 9.33. The molecule has 1 aromatic rings. The van der Waals surface area contributed by atoms with Crippen molar-refractivity contribution >= 4 is 5.69 Å². The topological polar surface area (TPSA) is 35.5 Å². The van der Waals surface area contributed by atoms with Gasteiger partial charge in [-0.25, -0.2) is 0 Å². The van der Waals surface area contributed by atoms with Gasteiger partial charge in [0.25, 0.3) is 0 Å². The van der Waals surface area contributed by atoms with Crippen LogP contribution in [0.15, 0.2) is 18.2 Å². The first-order valence-corrected chi connectivity index (χ1v) is 5.39. The Morgan fingerprint density at radius 1 is 1.53 bits per heavy atom. The molecule has 0 bridgehead atoms. The summed E-state index contributed by atoms with van der Waals surface area (Å²) in [5, 5.41) is 12.8. The summed E-state index contributed by atoms with van der Waals surface area (Å²) in [5.41, 5.74) is 3.67. The summed E-state index contributed by atoms with van der Waals surface area (Å²) in [6.07, 6.45) is 0.692. The van der Waals surface area contributed by atoms with Gasteiger partial charge in [0.1, 0.15) is 0 Å². The van der Waals surface area contributed by atoms with E-state index in [9.17, 15) is 5.11 Å². The Labute approximate surface area is 90.7 Å². The van der Waals surface area contributed by atoms with Crippen molar-refractivity contribution in [2.45, 2.75) is 12.5 Å². The Morgan fingerprint density at radius 3 is 3.07 bits per heavy atom. The number of fused-ring (bicyclic) bond motifs is 1. The van der Waals surface area contributed by atoms with Crippen LogP contribution in [0.4, 0.5) is 5.69 Å². The van der Waals surface area contributed by atoms with E-state index in [0.29, 0.717) is 6.54 Å². The molecule has 0 amide bonds. The normalized spacial score (nSPS) is 16.6. The fourth-order valence-electron chi connectivity index (χ4n) is 2.11. The van der Waals surface area contributed by atoms with Gasteiger partial charge in [0.15, 0.2) is 0 Å². The fourth-order valence-corrected chi connectivity index (χ4v) is 2.11. The predicted molar refractivity (Wildman–Crippen MR) is 62.3 cm³/mol. The molecule has 1 aliphatic rings. The molecule has 3 nitrogen and oxygen atoms in total. The number of hydrogen-bond acceptors (Lipinski definition) is 3. The highest BCUT2D eigenvalue weighted by atomic mass is 16.3. The first kappa shape index (κ1) is 10.5. The Balaban J connectivity index is 2.23. The quantitative estimate of drug-likeness (QED) is 0.772. The Morgan fingerprint density at radius 2 is 2.33 bits per heavy atom. The number of hydrogen-bond donors (Lipinski definition) is 2. The molecule has 15 heavy (non-hydrogen) atoms.